The zero-order valence-corrected chi connectivity index (χ0v) is 11.0. The predicted molar refractivity (Wildman–Crippen MR) is 67.6 cm³/mol. The summed E-state index contributed by atoms with van der Waals surface area (Å²) in [5.74, 6) is 0. The molecule has 0 spiro atoms. The fourth-order valence-electron chi connectivity index (χ4n) is 1.43. The largest absolute Gasteiger partial charge is 0.322 e. The standard InChI is InChI=1S/C11H15N5S/c1-4-9(12)11-16-15-10(17-11)8-5-6(2)13-14-7(8)3/h5,9H,4,12H2,1-3H3. The van der Waals surface area contributed by atoms with Crippen molar-refractivity contribution in [2.24, 2.45) is 5.73 Å². The molecule has 0 saturated carbocycles. The molecule has 2 aromatic heterocycles. The number of nitrogens with zero attached hydrogens (tertiary/aromatic N) is 4. The molecule has 1 unspecified atom stereocenters. The van der Waals surface area contributed by atoms with Crippen LogP contribution in [0, 0.1) is 13.8 Å². The van der Waals surface area contributed by atoms with Crippen molar-refractivity contribution in [3.63, 3.8) is 0 Å². The molecular formula is C11H15N5S. The maximum atomic E-state index is 5.93. The molecule has 17 heavy (non-hydrogen) atoms. The summed E-state index contributed by atoms with van der Waals surface area (Å²) in [5, 5.41) is 18.1. The minimum Gasteiger partial charge on any atom is -0.322 e. The van der Waals surface area contributed by atoms with Crippen molar-refractivity contribution in [3.05, 3.63) is 22.5 Å². The maximum Gasteiger partial charge on any atom is 0.149 e. The molecule has 0 aliphatic heterocycles. The SMILES string of the molecule is CCC(N)c1nnc(-c2cc(C)nnc2C)s1. The lowest BCUT2D eigenvalue weighted by molar-refractivity contribution is 0.683. The van der Waals surface area contributed by atoms with Gasteiger partial charge >= 0.3 is 0 Å². The summed E-state index contributed by atoms with van der Waals surface area (Å²) in [6, 6.07) is 1.95. The van der Waals surface area contributed by atoms with Gasteiger partial charge in [-0.3, -0.25) is 0 Å². The van der Waals surface area contributed by atoms with E-state index in [1.807, 2.05) is 26.8 Å². The molecule has 90 valence electrons. The van der Waals surface area contributed by atoms with Gasteiger partial charge in [-0.2, -0.15) is 10.2 Å². The second kappa shape index (κ2) is 4.85. The van der Waals surface area contributed by atoms with Gasteiger partial charge in [0, 0.05) is 5.56 Å². The molecule has 6 heteroatoms. The summed E-state index contributed by atoms with van der Waals surface area (Å²) in [5.41, 5.74) is 8.67. The first-order chi connectivity index (χ1) is 8.11. The van der Waals surface area contributed by atoms with Crippen molar-refractivity contribution in [2.75, 3.05) is 0 Å². The van der Waals surface area contributed by atoms with E-state index in [9.17, 15) is 0 Å². The molecule has 0 amide bonds. The first-order valence-corrected chi connectivity index (χ1v) is 6.33. The van der Waals surface area contributed by atoms with E-state index in [0.29, 0.717) is 0 Å². The Balaban J connectivity index is 2.40. The first-order valence-electron chi connectivity index (χ1n) is 5.52. The van der Waals surface area contributed by atoms with Crippen LogP contribution in [-0.2, 0) is 0 Å². The van der Waals surface area contributed by atoms with Gasteiger partial charge in [0.25, 0.3) is 0 Å². The van der Waals surface area contributed by atoms with Gasteiger partial charge in [-0.15, -0.1) is 10.2 Å². The highest BCUT2D eigenvalue weighted by molar-refractivity contribution is 7.14. The summed E-state index contributed by atoms with van der Waals surface area (Å²) >= 11 is 1.53. The zero-order valence-electron chi connectivity index (χ0n) is 10.1. The highest BCUT2D eigenvalue weighted by atomic mass is 32.1. The van der Waals surface area contributed by atoms with Crippen LogP contribution < -0.4 is 5.73 Å². The Bertz CT molecular complexity index is 522. The van der Waals surface area contributed by atoms with Crippen molar-refractivity contribution in [3.8, 4) is 10.6 Å². The van der Waals surface area contributed by atoms with Gasteiger partial charge < -0.3 is 5.73 Å². The maximum absolute atomic E-state index is 5.93. The summed E-state index contributed by atoms with van der Waals surface area (Å²) in [4.78, 5) is 0. The lowest BCUT2D eigenvalue weighted by Crippen LogP contribution is -2.07. The number of hydrogen-bond donors (Lipinski definition) is 1. The zero-order chi connectivity index (χ0) is 12.4. The molecule has 0 bridgehead atoms. The lowest BCUT2D eigenvalue weighted by Gasteiger charge is -2.02. The Morgan fingerprint density at radius 2 is 2.00 bits per heavy atom. The van der Waals surface area contributed by atoms with Gasteiger partial charge in [0.1, 0.15) is 10.0 Å². The van der Waals surface area contributed by atoms with Crippen molar-refractivity contribution >= 4 is 11.3 Å². The molecule has 0 saturated heterocycles. The van der Waals surface area contributed by atoms with Crippen LogP contribution in [-0.4, -0.2) is 20.4 Å². The minimum absolute atomic E-state index is 0.0301. The van der Waals surface area contributed by atoms with Gasteiger partial charge in [0.15, 0.2) is 0 Å². The minimum atomic E-state index is -0.0301. The molecule has 1 atom stereocenters. The highest BCUT2D eigenvalue weighted by Gasteiger charge is 2.14. The molecule has 5 nitrogen and oxygen atoms in total. The van der Waals surface area contributed by atoms with Gasteiger partial charge in [-0.25, -0.2) is 0 Å². The van der Waals surface area contributed by atoms with Gasteiger partial charge in [-0.1, -0.05) is 18.3 Å². The van der Waals surface area contributed by atoms with Crippen LogP contribution in [0.25, 0.3) is 10.6 Å². The van der Waals surface area contributed by atoms with Crippen LogP contribution in [0.1, 0.15) is 35.8 Å². The summed E-state index contributed by atoms with van der Waals surface area (Å²) in [6.45, 7) is 5.87. The molecular weight excluding hydrogens is 234 g/mol. The van der Waals surface area contributed by atoms with Crippen molar-refractivity contribution in [1.29, 1.82) is 0 Å². The van der Waals surface area contributed by atoms with Crippen LogP contribution in [0.4, 0.5) is 0 Å². The Labute approximate surface area is 104 Å². The lowest BCUT2D eigenvalue weighted by atomic mass is 10.2. The fourth-order valence-corrected chi connectivity index (χ4v) is 2.43. The molecule has 0 fully saturated rings. The normalized spacial score (nSPS) is 12.7. The molecule has 2 N–H and O–H groups in total. The van der Waals surface area contributed by atoms with Crippen molar-refractivity contribution in [2.45, 2.75) is 33.2 Å². The van der Waals surface area contributed by atoms with E-state index in [4.69, 9.17) is 5.73 Å². The Kier molecular flexibility index (Phi) is 3.44. The number of aryl methyl sites for hydroxylation is 2. The van der Waals surface area contributed by atoms with E-state index in [1.54, 1.807) is 0 Å². The number of hydrogen-bond acceptors (Lipinski definition) is 6. The molecule has 2 rings (SSSR count). The van der Waals surface area contributed by atoms with E-state index in [0.717, 1.165) is 33.4 Å². The monoisotopic (exact) mass is 249 g/mol. The molecule has 0 radical (unpaired) electrons. The van der Waals surface area contributed by atoms with E-state index in [1.165, 1.54) is 11.3 Å². The van der Waals surface area contributed by atoms with E-state index < -0.39 is 0 Å². The predicted octanol–water partition coefficient (Wildman–Crippen LogP) is 2.02. The van der Waals surface area contributed by atoms with Gasteiger partial charge in [0.2, 0.25) is 0 Å². The number of nitrogens with two attached hydrogens (primary N) is 1. The first kappa shape index (κ1) is 12.1. The van der Waals surface area contributed by atoms with Crippen LogP contribution in [0.15, 0.2) is 6.07 Å². The van der Waals surface area contributed by atoms with Crippen LogP contribution in [0.3, 0.4) is 0 Å². The highest BCUT2D eigenvalue weighted by Crippen LogP contribution is 2.28. The third kappa shape index (κ3) is 2.48. The van der Waals surface area contributed by atoms with E-state index >= 15 is 0 Å². The van der Waals surface area contributed by atoms with Crippen molar-refractivity contribution in [1.82, 2.24) is 20.4 Å². The molecule has 0 aliphatic carbocycles. The van der Waals surface area contributed by atoms with E-state index in [2.05, 4.69) is 20.4 Å². The average molecular weight is 249 g/mol. The topological polar surface area (TPSA) is 77.6 Å². The third-order valence-electron chi connectivity index (χ3n) is 2.53. The molecule has 0 aromatic carbocycles. The third-order valence-corrected chi connectivity index (χ3v) is 3.62. The number of rotatable bonds is 3. The van der Waals surface area contributed by atoms with Crippen LogP contribution in [0.2, 0.25) is 0 Å². The molecule has 2 heterocycles. The number of aromatic nitrogens is 4. The Morgan fingerprint density at radius 3 is 2.71 bits per heavy atom. The summed E-state index contributed by atoms with van der Waals surface area (Å²) in [7, 11) is 0. The van der Waals surface area contributed by atoms with Gasteiger partial charge in [-0.05, 0) is 26.3 Å². The van der Waals surface area contributed by atoms with E-state index in [-0.39, 0.29) is 6.04 Å². The van der Waals surface area contributed by atoms with Crippen molar-refractivity contribution < 1.29 is 0 Å². The summed E-state index contributed by atoms with van der Waals surface area (Å²) in [6.07, 6.45) is 0.862. The second-order valence-electron chi connectivity index (χ2n) is 3.94. The average Bonchev–Trinajstić information content (AvgIpc) is 2.80. The summed E-state index contributed by atoms with van der Waals surface area (Å²) < 4.78 is 0. The quantitative estimate of drug-likeness (QED) is 0.900. The molecule has 0 aliphatic rings. The second-order valence-corrected chi connectivity index (χ2v) is 4.95. The van der Waals surface area contributed by atoms with Gasteiger partial charge in [0.05, 0.1) is 17.4 Å². The Hall–Kier alpha value is -1.40. The van der Waals surface area contributed by atoms with Crippen LogP contribution >= 0.6 is 11.3 Å². The fraction of sp³-hybridized carbons (Fsp3) is 0.455. The molecule has 2 aromatic rings. The van der Waals surface area contributed by atoms with Crippen LogP contribution in [0.5, 0.6) is 0 Å². The Morgan fingerprint density at radius 1 is 1.24 bits per heavy atom. The smallest absolute Gasteiger partial charge is 0.149 e.